The summed E-state index contributed by atoms with van der Waals surface area (Å²) in [6, 6.07) is 0. The number of nitrogens with zero attached hydrogens (tertiary/aromatic N) is 1. The smallest absolute Gasteiger partial charge is 0.369 e. The van der Waals surface area contributed by atoms with Gasteiger partial charge in [-0.1, -0.05) is 6.92 Å². The van der Waals surface area contributed by atoms with Crippen molar-refractivity contribution in [3.63, 3.8) is 0 Å². The fourth-order valence-electron chi connectivity index (χ4n) is 1.37. The zero-order valence-corrected chi connectivity index (χ0v) is 12.3. The maximum absolute atomic E-state index is 12.6. The van der Waals surface area contributed by atoms with E-state index in [1.54, 1.807) is 27.7 Å². The average Bonchev–Trinajstić information content (AvgIpc) is 2.13. The molecule has 108 valence electrons. The first-order valence-electron chi connectivity index (χ1n) is 5.87. The van der Waals surface area contributed by atoms with Crippen LogP contribution in [0.5, 0.6) is 0 Å². The lowest BCUT2D eigenvalue weighted by Gasteiger charge is -2.33. The first-order chi connectivity index (χ1) is 8.06. The summed E-state index contributed by atoms with van der Waals surface area (Å²) in [7, 11) is -3.99. The average molecular weight is 283 g/mol. The molecule has 0 aliphatic carbocycles. The number of nitro groups is 1. The molecule has 7 nitrogen and oxygen atoms in total. The van der Waals surface area contributed by atoms with Gasteiger partial charge in [0.05, 0.1) is 12.2 Å². The summed E-state index contributed by atoms with van der Waals surface area (Å²) in [4.78, 5) is 9.89. The van der Waals surface area contributed by atoms with Crippen molar-refractivity contribution in [3.8, 4) is 0 Å². The molecule has 0 saturated heterocycles. The molecule has 18 heavy (non-hydrogen) atoms. The highest BCUT2D eigenvalue weighted by molar-refractivity contribution is 7.55. The normalized spacial score (nSPS) is 16.0. The molecule has 0 aliphatic rings. The Hall–Kier alpha value is -0.490. The highest BCUT2D eigenvalue weighted by atomic mass is 31.2. The van der Waals surface area contributed by atoms with Gasteiger partial charge in [0.15, 0.2) is 0 Å². The van der Waals surface area contributed by atoms with Crippen molar-refractivity contribution in [2.24, 2.45) is 0 Å². The van der Waals surface area contributed by atoms with Gasteiger partial charge in [0, 0.05) is 4.92 Å². The zero-order chi connectivity index (χ0) is 14.6. The molecule has 0 rings (SSSR count). The van der Waals surface area contributed by atoms with Crippen LogP contribution in [0.4, 0.5) is 0 Å². The van der Waals surface area contributed by atoms with E-state index in [2.05, 4.69) is 0 Å². The fourth-order valence-corrected chi connectivity index (χ4v) is 3.60. The second-order valence-electron chi connectivity index (χ2n) is 4.63. The van der Waals surface area contributed by atoms with Gasteiger partial charge in [0.25, 0.3) is 0 Å². The molecular weight excluding hydrogens is 261 g/mol. The monoisotopic (exact) mass is 283 g/mol. The Kier molecular flexibility index (Phi) is 6.43. The van der Waals surface area contributed by atoms with E-state index in [0.29, 0.717) is 0 Å². The van der Waals surface area contributed by atoms with Crippen LogP contribution in [0.1, 0.15) is 41.0 Å². The van der Waals surface area contributed by atoms with Crippen LogP contribution in [0, 0.1) is 10.1 Å². The molecular formula is C10H22NO6P. The lowest BCUT2D eigenvalue weighted by atomic mass is 10.3. The maximum atomic E-state index is 12.6. The summed E-state index contributed by atoms with van der Waals surface area (Å²) in [6.45, 7) is 7.12. The van der Waals surface area contributed by atoms with Gasteiger partial charge in [-0.05, 0) is 34.1 Å². The molecule has 0 amide bonds. The lowest BCUT2D eigenvalue weighted by molar-refractivity contribution is -0.495. The largest absolute Gasteiger partial charge is 0.372 e. The minimum absolute atomic E-state index is 0.0926. The third-order valence-corrected chi connectivity index (χ3v) is 5.03. The quantitative estimate of drug-likeness (QED) is 0.417. The summed E-state index contributed by atoms with van der Waals surface area (Å²) >= 11 is 0. The Balaban J connectivity index is 5.36. The van der Waals surface area contributed by atoms with Crippen LogP contribution in [-0.4, -0.2) is 34.1 Å². The molecule has 1 atom stereocenters. The molecule has 0 aromatic rings. The van der Waals surface area contributed by atoms with E-state index < -0.39 is 36.6 Å². The van der Waals surface area contributed by atoms with Gasteiger partial charge in [-0.25, -0.2) is 0 Å². The Morgan fingerprint density at radius 2 is 1.67 bits per heavy atom. The van der Waals surface area contributed by atoms with Gasteiger partial charge in [-0.3, -0.25) is 14.7 Å². The molecule has 0 saturated carbocycles. The van der Waals surface area contributed by atoms with Crippen LogP contribution < -0.4 is 0 Å². The van der Waals surface area contributed by atoms with Gasteiger partial charge in [0.1, 0.15) is 0 Å². The molecule has 0 heterocycles. The molecule has 0 aromatic carbocycles. The molecule has 0 aromatic heterocycles. The van der Waals surface area contributed by atoms with Gasteiger partial charge >= 0.3 is 7.60 Å². The molecule has 0 unspecified atom stereocenters. The van der Waals surface area contributed by atoms with Crippen molar-refractivity contribution >= 4 is 7.60 Å². The minimum Gasteiger partial charge on any atom is -0.372 e. The first kappa shape index (κ1) is 17.5. The SMILES string of the molecule is CC[C@](O)(C[N+](=O)[O-])P(=O)(OC(C)C)OC(C)C. The van der Waals surface area contributed by atoms with Crippen molar-refractivity contribution in [2.45, 2.75) is 58.6 Å². The first-order valence-corrected chi connectivity index (χ1v) is 7.41. The van der Waals surface area contributed by atoms with Gasteiger partial charge in [-0.15, -0.1) is 0 Å². The van der Waals surface area contributed by atoms with Crippen molar-refractivity contribution in [1.29, 1.82) is 0 Å². The number of hydrogen-bond donors (Lipinski definition) is 1. The third kappa shape index (κ3) is 4.65. The Labute approximate surface area is 107 Å². The second-order valence-corrected chi connectivity index (χ2v) is 6.88. The Morgan fingerprint density at radius 1 is 1.28 bits per heavy atom. The standard InChI is InChI=1S/C10H22NO6P/c1-6-10(12,7-11(13)14)18(15,16-8(2)3)17-9(4)5/h8-9,12H,6-7H2,1-5H3/t10-/m1/s1. The number of hydrogen-bond acceptors (Lipinski definition) is 6. The topological polar surface area (TPSA) is 98.9 Å². The van der Waals surface area contributed by atoms with E-state index in [9.17, 15) is 19.8 Å². The van der Waals surface area contributed by atoms with Crippen molar-refractivity contribution in [3.05, 3.63) is 10.1 Å². The van der Waals surface area contributed by atoms with Crippen LogP contribution in [-0.2, 0) is 13.6 Å². The molecule has 0 fully saturated rings. The van der Waals surface area contributed by atoms with Crippen LogP contribution in [0.3, 0.4) is 0 Å². The summed E-state index contributed by atoms with van der Waals surface area (Å²) in [5, 5.41) is 18.8. The van der Waals surface area contributed by atoms with E-state index >= 15 is 0 Å². The van der Waals surface area contributed by atoms with Crippen LogP contribution in [0.25, 0.3) is 0 Å². The molecule has 0 radical (unpaired) electrons. The van der Waals surface area contributed by atoms with Crippen LogP contribution in [0.2, 0.25) is 0 Å². The third-order valence-electron chi connectivity index (χ3n) is 2.16. The van der Waals surface area contributed by atoms with E-state index in [1.165, 1.54) is 6.92 Å². The van der Waals surface area contributed by atoms with E-state index in [-0.39, 0.29) is 6.42 Å². The van der Waals surface area contributed by atoms with Gasteiger partial charge < -0.3 is 14.2 Å². The number of aliphatic hydroxyl groups is 1. The Morgan fingerprint density at radius 3 is 1.89 bits per heavy atom. The van der Waals surface area contributed by atoms with Gasteiger partial charge in [-0.2, -0.15) is 0 Å². The minimum atomic E-state index is -3.99. The van der Waals surface area contributed by atoms with E-state index in [4.69, 9.17) is 9.05 Å². The van der Waals surface area contributed by atoms with Crippen LogP contribution >= 0.6 is 7.60 Å². The van der Waals surface area contributed by atoms with E-state index in [1.807, 2.05) is 0 Å². The van der Waals surface area contributed by atoms with Crippen LogP contribution in [0.15, 0.2) is 0 Å². The predicted molar refractivity (Wildman–Crippen MR) is 67.2 cm³/mol. The summed E-state index contributed by atoms with van der Waals surface area (Å²) in [6.07, 6.45) is -1.04. The summed E-state index contributed by atoms with van der Waals surface area (Å²) in [5.74, 6) is 0. The van der Waals surface area contributed by atoms with Crippen molar-refractivity contribution in [1.82, 2.24) is 0 Å². The molecule has 0 spiro atoms. The molecule has 0 bridgehead atoms. The summed E-state index contributed by atoms with van der Waals surface area (Å²) in [5.41, 5.74) is 0. The second kappa shape index (κ2) is 6.61. The number of rotatable bonds is 8. The van der Waals surface area contributed by atoms with Crippen molar-refractivity contribution < 1.29 is 23.6 Å². The molecule has 8 heteroatoms. The predicted octanol–water partition coefficient (Wildman–Crippen LogP) is 2.40. The zero-order valence-electron chi connectivity index (χ0n) is 11.5. The lowest BCUT2D eigenvalue weighted by Crippen LogP contribution is -2.39. The molecule has 0 aliphatic heterocycles. The van der Waals surface area contributed by atoms with Gasteiger partial charge in [0.2, 0.25) is 11.9 Å². The Bertz CT molecular complexity index is 318. The maximum Gasteiger partial charge on any atom is 0.369 e. The molecule has 1 N–H and O–H groups in total. The highest BCUT2D eigenvalue weighted by Gasteiger charge is 2.53. The van der Waals surface area contributed by atoms with E-state index in [0.717, 1.165) is 0 Å². The van der Waals surface area contributed by atoms with Crippen molar-refractivity contribution in [2.75, 3.05) is 6.54 Å². The summed E-state index contributed by atoms with van der Waals surface area (Å²) < 4.78 is 23.0. The highest BCUT2D eigenvalue weighted by Crippen LogP contribution is 2.61. The fraction of sp³-hybridized carbons (Fsp3) is 1.00.